The number of fused-ring (bicyclic) bond motifs is 1. The highest BCUT2D eigenvalue weighted by Gasteiger charge is 2.14. The van der Waals surface area contributed by atoms with Gasteiger partial charge in [0.05, 0.1) is 34.4 Å². The first-order chi connectivity index (χ1) is 13.4. The summed E-state index contributed by atoms with van der Waals surface area (Å²) in [4.78, 5) is 31.2. The first kappa shape index (κ1) is 17.5. The number of non-ortho nitro benzene ring substituents is 1. The molecule has 0 atom stereocenters. The molecule has 0 spiro atoms. The molecule has 140 valence electrons. The number of hydrogen-bond donors (Lipinski definition) is 0. The molecule has 0 bridgehead atoms. The quantitative estimate of drug-likeness (QED) is 0.395. The molecule has 0 aliphatic heterocycles. The summed E-state index contributed by atoms with van der Waals surface area (Å²) < 4.78 is 32.9. The second-order valence-electron chi connectivity index (χ2n) is 5.91. The van der Waals surface area contributed by atoms with E-state index in [1.165, 1.54) is 35.4 Å². The number of nitrogens with zero attached hydrogens (tertiary/aromatic N) is 4. The third-order valence-corrected chi connectivity index (χ3v) is 4.07. The fourth-order valence-electron chi connectivity index (χ4n) is 2.69. The first-order valence-electron chi connectivity index (χ1n) is 7.96. The van der Waals surface area contributed by atoms with Gasteiger partial charge in [0, 0.05) is 17.7 Å². The SMILES string of the molecule is O=c1c2cc([N+](=O)[O-])ccc2ncn1Cc1coc(-c2ccc(F)c(F)c2)n1. The van der Waals surface area contributed by atoms with Crippen LogP contribution in [0.25, 0.3) is 22.4 Å². The van der Waals surface area contributed by atoms with E-state index < -0.39 is 22.1 Å². The van der Waals surface area contributed by atoms with E-state index in [4.69, 9.17) is 4.42 Å². The Hall–Kier alpha value is -3.95. The van der Waals surface area contributed by atoms with Gasteiger partial charge >= 0.3 is 0 Å². The molecule has 0 N–H and O–H groups in total. The Bertz CT molecular complexity index is 1280. The standard InChI is InChI=1S/C18H10F2N4O4/c19-14-3-1-10(5-15(14)20)17-22-11(8-28-17)7-23-9-21-16-4-2-12(24(26)27)6-13(16)18(23)25/h1-6,8-9H,7H2. The van der Waals surface area contributed by atoms with Gasteiger partial charge in [-0.2, -0.15) is 0 Å². The Labute approximate surface area is 154 Å². The molecule has 0 unspecified atom stereocenters. The summed E-state index contributed by atoms with van der Waals surface area (Å²) in [7, 11) is 0. The molecule has 2 aromatic heterocycles. The molecule has 10 heteroatoms. The molecular formula is C18H10F2N4O4. The molecule has 0 saturated heterocycles. The average molecular weight is 384 g/mol. The second kappa shape index (κ2) is 6.65. The summed E-state index contributed by atoms with van der Waals surface area (Å²) >= 11 is 0. The summed E-state index contributed by atoms with van der Waals surface area (Å²) in [5.74, 6) is -1.96. The Kier molecular flexibility index (Phi) is 4.15. The van der Waals surface area contributed by atoms with E-state index in [0.717, 1.165) is 18.2 Å². The van der Waals surface area contributed by atoms with Crippen LogP contribution in [0.4, 0.5) is 14.5 Å². The van der Waals surface area contributed by atoms with Gasteiger partial charge in [-0.15, -0.1) is 0 Å². The molecule has 0 saturated carbocycles. The lowest BCUT2D eigenvalue weighted by atomic mass is 10.2. The Morgan fingerprint density at radius 2 is 1.96 bits per heavy atom. The van der Waals surface area contributed by atoms with Crippen LogP contribution in [0.2, 0.25) is 0 Å². The summed E-state index contributed by atoms with van der Waals surface area (Å²) in [5.41, 5.74) is 0.213. The maximum atomic E-state index is 13.4. The Balaban J connectivity index is 1.68. The lowest BCUT2D eigenvalue weighted by Crippen LogP contribution is -2.21. The van der Waals surface area contributed by atoms with E-state index in [0.29, 0.717) is 11.2 Å². The lowest BCUT2D eigenvalue weighted by molar-refractivity contribution is -0.384. The van der Waals surface area contributed by atoms with E-state index in [1.807, 2.05) is 0 Å². The molecule has 0 radical (unpaired) electrons. The van der Waals surface area contributed by atoms with Crippen LogP contribution in [0.15, 0.2) is 58.2 Å². The van der Waals surface area contributed by atoms with Gasteiger partial charge in [-0.25, -0.2) is 18.7 Å². The zero-order valence-electron chi connectivity index (χ0n) is 14.0. The van der Waals surface area contributed by atoms with Crippen LogP contribution in [0.5, 0.6) is 0 Å². The highest BCUT2D eigenvalue weighted by Crippen LogP contribution is 2.21. The van der Waals surface area contributed by atoms with Gasteiger partial charge in [0.1, 0.15) is 6.26 Å². The fraction of sp³-hybridized carbons (Fsp3) is 0.0556. The fourth-order valence-corrected chi connectivity index (χ4v) is 2.69. The van der Waals surface area contributed by atoms with Gasteiger partial charge < -0.3 is 4.42 Å². The van der Waals surface area contributed by atoms with Gasteiger partial charge in [0.2, 0.25) is 5.89 Å². The van der Waals surface area contributed by atoms with Crippen molar-refractivity contribution in [3.8, 4) is 11.5 Å². The van der Waals surface area contributed by atoms with Crippen molar-refractivity contribution in [2.24, 2.45) is 0 Å². The summed E-state index contributed by atoms with van der Waals surface area (Å²) in [6.45, 7) is -0.0162. The highest BCUT2D eigenvalue weighted by atomic mass is 19.2. The molecule has 4 rings (SSSR count). The maximum Gasteiger partial charge on any atom is 0.270 e. The molecule has 8 nitrogen and oxygen atoms in total. The van der Waals surface area contributed by atoms with Crippen LogP contribution in [0.1, 0.15) is 5.69 Å². The van der Waals surface area contributed by atoms with Crippen molar-refractivity contribution in [1.82, 2.24) is 14.5 Å². The van der Waals surface area contributed by atoms with Gasteiger partial charge in [-0.3, -0.25) is 19.5 Å². The second-order valence-corrected chi connectivity index (χ2v) is 5.91. The summed E-state index contributed by atoms with van der Waals surface area (Å²) in [5, 5.41) is 11.0. The van der Waals surface area contributed by atoms with Crippen LogP contribution in [-0.2, 0) is 6.54 Å². The molecular weight excluding hydrogens is 374 g/mol. The number of hydrogen-bond acceptors (Lipinski definition) is 6. The van der Waals surface area contributed by atoms with Crippen molar-refractivity contribution in [3.05, 3.63) is 86.8 Å². The smallest absolute Gasteiger partial charge is 0.270 e. The van der Waals surface area contributed by atoms with Crippen LogP contribution in [-0.4, -0.2) is 19.5 Å². The highest BCUT2D eigenvalue weighted by molar-refractivity contribution is 5.79. The molecule has 2 aromatic carbocycles. The molecule has 2 heterocycles. The van der Waals surface area contributed by atoms with Crippen molar-refractivity contribution in [2.75, 3.05) is 0 Å². The molecule has 4 aromatic rings. The number of halogens is 2. The topological polar surface area (TPSA) is 104 Å². The van der Waals surface area contributed by atoms with E-state index in [1.54, 1.807) is 0 Å². The largest absolute Gasteiger partial charge is 0.444 e. The zero-order chi connectivity index (χ0) is 19.8. The predicted molar refractivity (Wildman–Crippen MR) is 93.6 cm³/mol. The van der Waals surface area contributed by atoms with Crippen molar-refractivity contribution in [3.63, 3.8) is 0 Å². The molecule has 0 fully saturated rings. The monoisotopic (exact) mass is 384 g/mol. The molecule has 28 heavy (non-hydrogen) atoms. The van der Waals surface area contributed by atoms with Crippen molar-refractivity contribution < 1.29 is 18.1 Å². The number of rotatable bonds is 4. The van der Waals surface area contributed by atoms with Gasteiger partial charge in [0.25, 0.3) is 11.2 Å². The lowest BCUT2D eigenvalue weighted by Gasteiger charge is -2.04. The average Bonchev–Trinajstić information content (AvgIpc) is 3.14. The minimum atomic E-state index is -1.03. The minimum Gasteiger partial charge on any atom is -0.444 e. The molecule has 0 aliphatic rings. The Morgan fingerprint density at radius 1 is 1.14 bits per heavy atom. The van der Waals surface area contributed by atoms with Crippen LogP contribution in [0, 0.1) is 21.7 Å². The maximum absolute atomic E-state index is 13.4. The predicted octanol–water partition coefficient (Wildman–Crippen LogP) is 3.29. The Morgan fingerprint density at radius 3 is 2.71 bits per heavy atom. The van der Waals surface area contributed by atoms with Crippen molar-refractivity contribution >= 4 is 16.6 Å². The number of nitro benzene ring substituents is 1. The number of nitro groups is 1. The van der Waals surface area contributed by atoms with Crippen molar-refractivity contribution in [1.29, 1.82) is 0 Å². The van der Waals surface area contributed by atoms with Crippen molar-refractivity contribution in [2.45, 2.75) is 6.54 Å². The van der Waals surface area contributed by atoms with Crippen LogP contribution < -0.4 is 5.56 Å². The number of aromatic nitrogens is 3. The number of oxazole rings is 1. The molecule has 0 amide bonds. The third kappa shape index (κ3) is 3.11. The third-order valence-electron chi connectivity index (χ3n) is 4.07. The minimum absolute atomic E-state index is 0.0162. The van der Waals surface area contributed by atoms with Gasteiger partial charge in [0.15, 0.2) is 11.6 Å². The first-order valence-corrected chi connectivity index (χ1v) is 7.96. The van der Waals surface area contributed by atoms with E-state index in [9.17, 15) is 23.7 Å². The van der Waals surface area contributed by atoms with E-state index in [-0.39, 0.29) is 29.1 Å². The normalized spacial score (nSPS) is 11.1. The summed E-state index contributed by atoms with van der Waals surface area (Å²) in [6.07, 6.45) is 2.57. The van der Waals surface area contributed by atoms with E-state index >= 15 is 0 Å². The van der Waals surface area contributed by atoms with Crippen LogP contribution >= 0.6 is 0 Å². The van der Waals surface area contributed by atoms with Crippen LogP contribution in [0.3, 0.4) is 0 Å². The summed E-state index contributed by atoms with van der Waals surface area (Å²) in [6, 6.07) is 7.06. The number of benzene rings is 2. The van der Waals surface area contributed by atoms with E-state index in [2.05, 4.69) is 9.97 Å². The molecule has 0 aliphatic carbocycles. The zero-order valence-corrected chi connectivity index (χ0v) is 14.0. The van der Waals surface area contributed by atoms with Gasteiger partial charge in [-0.1, -0.05) is 0 Å². The van der Waals surface area contributed by atoms with Gasteiger partial charge in [-0.05, 0) is 24.3 Å².